The Kier molecular flexibility index (Phi) is 1.80. The zero-order valence-electron chi connectivity index (χ0n) is 8.59. The van der Waals surface area contributed by atoms with Crippen molar-refractivity contribution in [1.29, 1.82) is 0 Å². The van der Waals surface area contributed by atoms with Gasteiger partial charge in [-0.25, -0.2) is 4.79 Å². The van der Waals surface area contributed by atoms with Crippen LogP contribution in [0, 0.1) is 23.7 Å². The number of rotatable bonds is 1. The fraction of sp³-hybridized carbons (Fsp3) is 0.583. The molecule has 0 bridgehead atoms. The number of aliphatic hydroxyl groups excluding tert-OH is 1. The van der Waals surface area contributed by atoms with Gasteiger partial charge in [0.2, 0.25) is 0 Å². The van der Waals surface area contributed by atoms with E-state index in [0.717, 1.165) is 6.42 Å². The largest absolute Gasteiger partial charge is 0.466 e. The normalized spacial score (nSPS) is 45.5. The molecule has 0 radical (unpaired) electrons. The first-order chi connectivity index (χ1) is 7.22. The maximum absolute atomic E-state index is 11.6. The van der Waals surface area contributed by atoms with Gasteiger partial charge in [0.15, 0.2) is 0 Å². The van der Waals surface area contributed by atoms with E-state index in [1.54, 1.807) is 0 Å². The Morgan fingerprint density at radius 1 is 1.53 bits per heavy atom. The lowest BCUT2D eigenvalue weighted by atomic mass is 9.88. The summed E-state index contributed by atoms with van der Waals surface area (Å²) in [6.07, 6.45) is 6.73. The van der Waals surface area contributed by atoms with Crippen LogP contribution < -0.4 is 0 Å². The quantitative estimate of drug-likeness (QED) is 0.512. The van der Waals surface area contributed by atoms with Crippen LogP contribution in [0.15, 0.2) is 23.8 Å². The van der Waals surface area contributed by atoms with Crippen LogP contribution >= 0.6 is 0 Å². The summed E-state index contributed by atoms with van der Waals surface area (Å²) in [5.41, 5.74) is 0.687. The van der Waals surface area contributed by atoms with E-state index >= 15 is 0 Å². The number of carbonyl (C=O) groups is 1. The standard InChI is InChI=1S/C12H14O3/c1-15-12(14)8-4-6-2-3-7-5-9(13)11(8)10(6)7/h2-4,6-7,9-11,13H,5H2,1H3/t6-,7+,9-,10-,11+/m1/s1. The molecule has 1 saturated carbocycles. The monoisotopic (exact) mass is 206 g/mol. The molecule has 3 aliphatic rings. The van der Waals surface area contributed by atoms with Gasteiger partial charge in [0.1, 0.15) is 0 Å². The number of methoxy groups -OCH3 is 1. The van der Waals surface area contributed by atoms with Gasteiger partial charge in [-0.1, -0.05) is 18.2 Å². The van der Waals surface area contributed by atoms with Crippen LogP contribution in [-0.2, 0) is 9.53 Å². The molecule has 5 atom stereocenters. The molecule has 1 N–H and O–H groups in total. The average molecular weight is 206 g/mol. The Balaban J connectivity index is 1.98. The van der Waals surface area contributed by atoms with Crippen molar-refractivity contribution in [3.05, 3.63) is 23.8 Å². The molecule has 0 unspecified atom stereocenters. The van der Waals surface area contributed by atoms with Crippen LogP contribution in [0.5, 0.6) is 0 Å². The number of allylic oxidation sites excluding steroid dienone is 3. The molecule has 0 aliphatic heterocycles. The number of aliphatic hydroxyl groups is 1. The molecule has 80 valence electrons. The fourth-order valence-electron chi connectivity index (χ4n) is 3.46. The van der Waals surface area contributed by atoms with Gasteiger partial charge in [-0.3, -0.25) is 0 Å². The third-order valence-electron chi connectivity index (χ3n) is 4.01. The fourth-order valence-corrected chi connectivity index (χ4v) is 3.46. The van der Waals surface area contributed by atoms with Crippen molar-refractivity contribution >= 4 is 5.97 Å². The van der Waals surface area contributed by atoms with Gasteiger partial charge >= 0.3 is 5.97 Å². The zero-order chi connectivity index (χ0) is 10.6. The Morgan fingerprint density at radius 3 is 3.07 bits per heavy atom. The summed E-state index contributed by atoms with van der Waals surface area (Å²) in [5.74, 6) is 0.929. The molecule has 0 saturated heterocycles. The zero-order valence-corrected chi connectivity index (χ0v) is 8.59. The summed E-state index contributed by atoms with van der Waals surface area (Å²) >= 11 is 0. The van der Waals surface area contributed by atoms with Gasteiger partial charge in [0.05, 0.1) is 13.2 Å². The molecule has 0 spiro atoms. The highest BCUT2D eigenvalue weighted by atomic mass is 16.5. The van der Waals surface area contributed by atoms with E-state index in [-0.39, 0.29) is 18.0 Å². The van der Waals surface area contributed by atoms with Crippen LogP contribution in [-0.4, -0.2) is 24.3 Å². The molecule has 0 aromatic heterocycles. The predicted molar refractivity (Wildman–Crippen MR) is 53.8 cm³/mol. The number of ether oxygens (including phenoxy) is 1. The molecule has 0 aromatic rings. The minimum absolute atomic E-state index is 0.00227. The van der Waals surface area contributed by atoms with Crippen LogP contribution in [0.25, 0.3) is 0 Å². The summed E-state index contributed by atoms with van der Waals surface area (Å²) in [6, 6.07) is 0. The second-order valence-electron chi connectivity index (χ2n) is 4.65. The van der Waals surface area contributed by atoms with Crippen molar-refractivity contribution in [1.82, 2.24) is 0 Å². The van der Waals surface area contributed by atoms with Crippen LogP contribution in [0.2, 0.25) is 0 Å². The van der Waals surface area contributed by atoms with Gasteiger partial charge in [0.25, 0.3) is 0 Å². The average Bonchev–Trinajstić information content (AvgIpc) is 2.83. The molecule has 1 fully saturated rings. The van der Waals surface area contributed by atoms with Crippen molar-refractivity contribution in [2.75, 3.05) is 7.11 Å². The van der Waals surface area contributed by atoms with E-state index < -0.39 is 0 Å². The topological polar surface area (TPSA) is 46.5 Å². The first-order valence-corrected chi connectivity index (χ1v) is 5.39. The third-order valence-corrected chi connectivity index (χ3v) is 4.01. The second kappa shape index (κ2) is 2.95. The Hall–Kier alpha value is -1.09. The summed E-state index contributed by atoms with van der Waals surface area (Å²) in [7, 11) is 1.39. The van der Waals surface area contributed by atoms with Gasteiger partial charge in [0, 0.05) is 11.5 Å². The smallest absolute Gasteiger partial charge is 0.333 e. The van der Waals surface area contributed by atoms with Crippen LogP contribution in [0.3, 0.4) is 0 Å². The molecule has 3 nitrogen and oxygen atoms in total. The first-order valence-electron chi connectivity index (χ1n) is 5.39. The summed E-state index contributed by atoms with van der Waals surface area (Å²) in [4.78, 5) is 11.6. The molecule has 3 rings (SSSR count). The molecular formula is C12H14O3. The van der Waals surface area contributed by atoms with Crippen molar-refractivity contribution in [3.63, 3.8) is 0 Å². The third kappa shape index (κ3) is 1.07. The SMILES string of the molecule is COC(=O)C1=C[C@H]2C=C[C@H]3C[C@@H](O)[C@H]1[C@H]23. The van der Waals surface area contributed by atoms with Crippen molar-refractivity contribution < 1.29 is 14.6 Å². The van der Waals surface area contributed by atoms with Crippen LogP contribution in [0.4, 0.5) is 0 Å². The molecule has 3 heteroatoms. The molecule has 0 amide bonds. The second-order valence-corrected chi connectivity index (χ2v) is 4.65. The van der Waals surface area contributed by atoms with Crippen molar-refractivity contribution in [2.24, 2.45) is 23.7 Å². The van der Waals surface area contributed by atoms with E-state index in [4.69, 9.17) is 4.74 Å². The molecule has 3 aliphatic carbocycles. The highest BCUT2D eigenvalue weighted by Gasteiger charge is 2.53. The van der Waals surface area contributed by atoms with E-state index in [9.17, 15) is 9.90 Å². The Bertz CT molecular complexity index is 369. The Labute approximate surface area is 88.4 Å². The number of hydrogen-bond acceptors (Lipinski definition) is 3. The number of hydrogen-bond donors (Lipinski definition) is 1. The lowest BCUT2D eigenvalue weighted by Gasteiger charge is -2.18. The van der Waals surface area contributed by atoms with Gasteiger partial charge in [-0.05, 0) is 24.2 Å². The number of carbonyl (C=O) groups excluding carboxylic acids is 1. The summed E-state index contributed by atoms with van der Waals surface area (Å²) in [5, 5.41) is 9.95. The van der Waals surface area contributed by atoms with E-state index in [1.807, 2.05) is 6.08 Å². The molecule has 15 heavy (non-hydrogen) atoms. The van der Waals surface area contributed by atoms with E-state index in [2.05, 4.69) is 12.2 Å². The molecule has 0 aromatic carbocycles. The minimum Gasteiger partial charge on any atom is -0.466 e. The highest BCUT2D eigenvalue weighted by molar-refractivity contribution is 5.90. The van der Waals surface area contributed by atoms with Crippen LogP contribution in [0.1, 0.15) is 6.42 Å². The molecule has 0 heterocycles. The van der Waals surface area contributed by atoms with Gasteiger partial charge < -0.3 is 9.84 Å². The maximum atomic E-state index is 11.6. The first kappa shape index (κ1) is 9.16. The Morgan fingerprint density at radius 2 is 2.33 bits per heavy atom. The van der Waals surface area contributed by atoms with Crippen molar-refractivity contribution in [2.45, 2.75) is 12.5 Å². The van der Waals surface area contributed by atoms with Gasteiger partial charge in [-0.15, -0.1) is 0 Å². The summed E-state index contributed by atoms with van der Waals surface area (Å²) in [6.45, 7) is 0. The minimum atomic E-state index is -0.375. The predicted octanol–water partition coefficient (Wildman–Crippen LogP) is 0.899. The number of esters is 1. The van der Waals surface area contributed by atoms with Crippen molar-refractivity contribution in [3.8, 4) is 0 Å². The summed E-state index contributed by atoms with van der Waals surface area (Å²) < 4.78 is 4.76. The highest BCUT2D eigenvalue weighted by Crippen LogP contribution is 2.54. The maximum Gasteiger partial charge on any atom is 0.333 e. The van der Waals surface area contributed by atoms with E-state index in [0.29, 0.717) is 23.3 Å². The van der Waals surface area contributed by atoms with Gasteiger partial charge in [-0.2, -0.15) is 0 Å². The lowest BCUT2D eigenvalue weighted by Crippen LogP contribution is -2.23. The lowest BCUT2D eigenvalue weighted by molar-refractivity contribution is -0.137. The molecular weight excluding hydrogens is 192 g/mol. The van der Waals surface area contributed by atoms with E-state index in [1.165, 1.54) is 7.11 Å².